The summed E-state index contributed by atoms with van der Waals surface area (Å²) in [5.74, 6) is -0.0671. The van der Waals surface area contributed by atoms with E-state index in [9.17, 15) is 4.79 Å². The van der Waals surface area contributed by atoms with Gasteiger partial charge in [0.2, 0.25) is 5.91 Å². The largest absolute Gasteiger partial charge is 0.378 e. The third kappa shape index (κ3) is 4.10. The van der Waals surface area contributed by atoms with Crippen molar-refractivity contribution in [1.29, 1.82) is 0 Å². The maximum atomic E-state index is 11.2. The molecule has 0 saturated heterocycles. The van der Waals surface area contributed by atoms with Crippen molar-refractivity contribution in [1.82, 2.24) is 15.1 Å². The molecule has 0 aliphatic heterocycles. The Kier molecular flexibility index (Phi) is 4.57. The summed E-state index contributed by atoms with van der Waals surface area (Å²) >= 11 is 3.40. The minimum atomic E-state index is -0.0671. The SMILES string of the molecule is CNC(=O)Cn1cc(NCc2ccc(Br)cc2)cn1. The van der Waals surface area contributed by atoms with E-state index in [0.717, 1.165) is 16.7 Å². The third-order valence-electron chi connectivity index (χ3n) is 2.63. The summed E-state index contributed by atoms with van der Waals surface area (Å²) in [6.07, 6.45) is 3.52. The van der Waals surface area contributed by atoms with Gasteiger partial charge in [-0.1, -0.05) is 28.1 Å². The molecule has 0 atom stereocenters. The zero-order valence-electron chi connectivity index (χ0n) is 10.6. The van der Waals surface area contributed by atoms with E-state index < -0.39 is 0 Å². The second-order valence-corrected chi connectivity index (χ2v) is 5.00. The minimum absolute atomic E-state index is 0.0671. The van der Waals surface area contributed by atoms with Crippen LogP contribution in [0.15, 0.2) is 41.1 Å². The van der Waals surface area contributed by atoms with Crippen LogP contribution in [0.5, 0.6) is 0 Å². The maximum absolute atomic E-state index is 11.2. The van der Waals surface area contributed by atoms with Crippen molar-refractivity contribution in [3.05, 3.63) is 46.7 Å². The van der Waals surface area contributed by atoms with Gasteiger partial charge in [0.1, 0.15) is 6.54 Å². The quantitative estimate of drug-likeness (QED) is 0.885. The first kappa shape index (κ1) is 13.6. The van der Waals surface area contributed by atoms with Crippen LogP contribution in [0.4, 0.5) is 5.69 Å². The van der Waals surface area contributed by atoms with Gasteiger partial charge in [-0.05, 0) is 17.7 Å². The average Bonchev–Trinajstić information content (AvgIpc) is 2.85. The predicted octanol–water partition coefficient (Wildman–Crippen LogP) is 2.00. The van der Waals surface area contributed by atoms with E-state index in [4.69, 9.17) is 0 Å². The van der Waals surface area contributed by atoms with Gasteiger partial charge in [0.15, 0.2) is 0 Å². The van der Waals surface area contributed by atoms with Gasteiger partial charge in [-0.25, -0.2) is 0 Å². The van der Waals surface area contributed by atoms with Crippen LogP contribution in [-0.2, 0) is 17.9 Å². The predicted molar refractivity (Wildman–Crippen MR) is 77.8 cm³/mol. The Labute approximate surface area is 120 Å². The Balaban J connectivity index is 1.89. The second-order valence-electron chi connectivity index (χ2n) is 4.08. The monoisotopic (exact) mass is 322 g/mol. The molecule has 100 valence electrons. The Bertz CT molecular complexity index is 550. The first-order valence-corrected chi connectivity index (χ1v) is 6.68. The maximum Gasteiger partial charge on any atom is 0.241 e. The summed E-state index contributed by atoms with van der Waals surface area (Å²) < 4.78 is 2.66. The third-order valence-corrected chi connectivity index (χ3v) is 3.16. The summed E-state index contributed by atoms with van der Waals surface area (Å²) in [5.41, 5.74) is 2.08. The van der Waals surface area contributed by atoms with Crippen LogP contribution in [0.1, 0.15) is 5.56 Å². The lowest BCUT2D eigenvalue weighted by Gasteiger charge is -2.03. The van der Waals surface area contributed by atoms with Gasteiger partial charge in [-0.3, -0.25) is 9.48 Å². The Morgan fingerprint density at radius 1 is 1.37 bits per heavy atom. The fourth-order valence-electron chi connectivity index (χ4n) is 1.57. The van der Waals surface area contributed by atoms with Crippen molar-refractivity contribution in [2.45, 2.75) is 13.1 Å². The molecule has 1 aromatic carbocycles. The Morgan fingerprint density at radius 2 is 2.11 bits per heavy atom. The van der Waals surface area contributed by atoms with Crippen molar-refractivity contribution < 1.29 is 4.79 Å². The van der Waals surface area contributed by atoms with E-state index >= 15 is 0 Å². The number of aromatic nitrogens is 2. The van der Waals surface area contributed by atoms with Crippen molar-refractivity contribution >= 4 is 27.5 Å². The summed E-state index contributed by atoms with van der Waals surface area (Å²) in [7, 11) is 1.61. The molecule has 1 amide bonds. The number of carbonyl (C=O) groups is 1. The highest BCUT2D eigenvalue weighted by Crippen LogP contribution is 2.12. The molecule has 5 nitrogen and oxygen atoms in total. The van der Waals surface area contributed by atoms with Crippen LogP contribution >= 0.6 is 15.9 Å². The molecular formula is C13H15BrN4O. The van der Waals surface area contributed by atoms with Crippen LogP contribution in [0, 0.1) is 0 Å². The molecule has 2 N–H and O–H groups in total. The average molecular weight is 323 g/mol. The van der Waals surface area contributed by atoms with Gasteiger partial charge in [-0.15, -0.1) is 0 Å². The van der Waals surface area contributed by atoms with Crippen LogP contribution in [0.2, 0.25) is 0 Å². The number of hydrogen-bond donors (Lipinski definition) is 2. The highest BCUT2D eigenvalue weighted by Gasteiger charge is 2.02. The molecular weight excluding hydrogens is 308 g/mol. The molecule has 0 saturated carbocycles. The van der Waals surface area contributed by atoms with Crippen LogP contribution in [0.25, 0.3) is 0 Å². The van der Waals surface area contributed by atoms with Crippen LogP contribution < -0.4 is 10.6 Å². The lowest BCUT2D eigenvalue weighted by molar-refractivity contribution is -0.121. The molecule has 0 radical (unpaired) electrons. The first-order chi connectivity index (χ1) is 9.17. The Morgan fingerprint density at radius 3 is 2.79 bits per heavy atom. The number of hydrogen-bond acceptors (Lipinski definition) is 3. The van der Waals surface area contributed by atoms with Gasteiger partial charge >= 0.3 is 0 Å². The topological polar surface area (TPSA) is 59.0 Å². The number of benzene rings is 1. The van der Waals surface area contributed by atoms with E-state index in [-0.39, 0.29) is 12.5 Å². The van der Waals surface area contributed by atoms with Gasteiger partial charge < -0.3 is 10.6 Å². The fraction of sp³-hybridized carbons (Fsp3) is 0.231. The minimum Gasteiger partial charge on any atom is -0.378 e. The standard InChI is InChI=1S/C13H15BrN4O/c1-15-13(19)9-18-8-12(7-17-18)16-6-10-2-4-11(14)5-3-10/h2-5,7-8,16H,6,9H2,1H3,(H,15,19). The van der Waals surface area contributed by atoms with Crippen LogP contribution in [0.3, 0.4) is 0 Å². The molecule has 2 aromatic rings. The normalized spacial score (nSPS) is 10.2. The number of carbonyl (C=O) groups excluding carboxylic acids is 1. The van der Waals surface area contributed by atoms with E-state index in [1.54, 1.807) is 17.9 Å². The first-order valence-electron chi connectivity index (χ1n) is 5.89. The van der Waals surface area contributed by atoms with Crippen LogP contribution in [-0.4, -0.2) is 22.7 Å². The molecule has 0 aliphatic carbocycles. The van der Waals surface area contributed by atoms with E-state index in [1.807, 2.05) is 30.5 Å². The number of amides is 1. The number of nitrogens with zero attached hydrogens (tertiary/aromatic N) is 2. The molecule has 0 unspecified atom stereocenters. The fourth-order valence-corrected chi connectivity index (χ4v) is 1.84. The van der Waals surface area contributed by atoms with Gasteiger partial charge in [0.05, 0.1) is 11.9 Å². The number of anilines is 1. The molecule has 0 fully saturated rings. The molecule has 0 bridgehead atoms. The van der Waals surface area contributed by atoms with E-state index in [1.165, 1.54) is 5.56 Å². The van der Waals surface area contributed by atoms with Crippen molar-refractivity contribution in [3.63, 3.8) is 0 Å². The van der Waals surface area contributed by atoms with Gasteiger partial charge in [0, 0.05) is 24.3 Å². The highest BCUT2D eigenvalue weighted by molar-refractivity contribution is 9.10. The van der Waals surface area contributed by atoms with Gasteiger partial charge in [0.25, 0.3) is 0 Å². The number of likely N-dealkylation sites (N-methyl/N-ethyl adjacent to an activating group) is 1. The Hall–Kier alpha value is -1.82. The zero-order chi connectivity index (χ0) is 13.7. The van der Waals surface area contributed by atoms with Gasteiger partial charge in [-0.2, -0.15) is 5.10 Å². The molecule has 0 aliphatic rings. The van der Waals surface area contributed by atoms with Crippen molar-refractivity contribution in [2.24, 2.45) is 0 Å². The molecule has 0 spiro atoms. The zero-order valence-corrected chi connectivity index (χ0v) is 12.1. The summed E-state index contributed by atoms with van der Waals surface area (Å²) in [6, 6.07) is 8.11. The lowest BCUT2D eigenvalue weighted by Crippen LogP contribution is -2.23. The molecule has 1 aromatic heterocycles. The summed E-state index contributed by atoms with van der Waals surface area (Å²) in [6.45, 7) is 0.954. The second kappa shape index (κ2) is 6.38. The highest BCUT2D eigenvalue weighted by atomic mass is 79.9. The summed E-state index contributed by atoms with van der Waals surface area (Å²) in [4.78, 5) is 11.2. The number of rotatable bonds is 5. The van der Waals surface area contributed by atoms with Crippen molar-refractivity contribution in [2.75, 3.05) is 12.4 Å². The molecule has 19 heavy (non-hydrogen) atoms. The lowest BCUT2D eigenvalue weighted by atomic mass is 10.2. The molecule has 6 heteroatoms. The van der Waals surface area contributed by atoms with E-state index in [2.05, 4.69) is 31.7 Å². The van der Waals surface area contributed by atoms with Crippen molar-refractivity contribution in [3.8, 4) is 0 Å². The molecule has 1 heterocycles. The number of halogens is 1. The summed E-state index contributed by atoms with van der Waals surface area (Å²) in [5, 5.41) is 9.94. The smallest absolute Gasteiger partial charge is 0.241 e. The van der Waals surface area contributed by atoms with E-state index in [0.29, 0.717) is 0 Å². The molecule has 2 rings (SSSR count). The number of nitrogens with one attached hydrogen (secondary N) is 2.